The SMILES string of the molecule is NC(=O)C1CN(c2nc(NCc3ccc(Cl)cc3Cl)c3sccc3n2)CCN1C(=O)[C@H]1CCCN1. The lowest BCUT2D eigenvalue weighted by Gasteiger charge is -2.40. The van der Waals surface area contributed by atoms with Crippen molar-refractivity contribution in [1.29, 1.82) is 0 Å². The van der Waals surface area contributed by atoms with Crippen LogP contribution >= 0.6 is 34.5 Å². The van der Waals surface area contributed by atoms with E-state index in [0.29, 0.717) is 41.4 Å². The molecule has 1 aromatic carbocycles. The second-order valence-electron chi connectivity index (χ2n) is 8.64. The summed E-state index contributed by atoms with van der Waals surface area (Å²) in [6.45, 7) is 2.38. The quantitative estimate of drug-likeness (QED) is 0.446. The monoisotopic (exact) mass is 533 g/mol. The number of anilines is 2. The van der Waals surface area contributed by atoms with Gasteiger partial charge in [0.2, 0.25) is 17.8 Å². The van der Waals surface area contributed by atoms with Crippen molar-refractivity contribution in [2.75, 3.05) is 36.4 Å². The van der Waals surface area contributed by atoms with E-state index in [2.05, 4.69) is 10.6 Å². The Morgan fingerprint density at radius 2 is 2.09 bits per heavy atom. The van der Waals surface area contributed by atoms with Gasteiger partial charge in [0.25, 0.3) is 0 Å². The number of aromatic nitrogens is 2. The van der Waals surface area contributed by atoms with E-state index in [1.807, 2.05) is 22.4 Å². The molecule has 2 saturated heterocycles. The van der Waals surface area contributed by atoms with Gasteiger partial charge in [-0.15, -0.1) is 11.3 Å². The molecule has 4 N–H and O–H groups in total. The van der Waals surface area contributed by atoms with Crippen molar-refractivity contribution in [1.82, 2.24) is 20.2 Å². The van der Waals surface area contributed by atoms with Gasteiger partial charge in [0.15, 0.2) is 0 Å². The third-order valence-electron chi connectivity index (χ3n) is 6.39. The maximum Gasteiger partial charge on any atom is 0.242 e. The number of thiophene rings is 1. The van der Waals surface area contributed by atoms with Gasteiger partial charge in [-0.1, -0.05) is 29.3 Å². The van der Waals surface area contributed by atoms with Crippen LogP contribution in [0, 0.1) is 0 Å². The van der Waals surface area contributed by atoms with E-state index in [4.69, 9.17) is 38.9 Å². The standard InChI is InChI=1S/C23H25Cl2N7O2S/c24-14-4-3-13(15(25)10-14)11-28-21-19-16(5-9-35-19)29-23(30-21)31-7-8-32(18(12-31)20(26)33)22(34)17-2-1-6-27-17/h3-5,9-10,17-18,27H,1-2,6-8,11-12H2,(H2,26,33)(H,28,29,30)/t17-,18?/m1/s1. The fraction of sp³-hybridized carbons (Fsp3) is 0.391. The van der Waals surface area contributed by atoms with Gasteiger partial charge in [-0.2, -0.15) is 4.98 Å². The number of carbonyl (C=O) groups excluding carboxylic acids is 2. The first-order valence-corrected chi connectivity index (χ1v) is 13.1. The third-order valence-corrected chi connectivity index (χ3v) is 7.88. The summed E-state index contributed by atoms with van der Waals surface area (Å²) in [6.07, 6.45) is 1.72. The van der Waals surface area contributed by atoms with Crippen LogP contribution in [-0.2, 0) is 16.1 Å². The van der Waals surface area contributed by atoms with Gasteiger partial charge >= 0.3 is 0 Å². The average molecular weight is 534 g/mol. The molecule has 2 atom stereocenters. The minimum atomic E-state index is -0.746. The first-order valence-electron chi connectivity index (χ1n) is 11.4. The molecule has 0 saturated carbocycles. The maximum absolute atomic E-state index is 13.0. The second-order valence-corrected chi connectivity index (χ2v) is 10.4. The summed E-state index contributed by atoms with van der Waals surface area (Å²) in [7, 11) is 0. The van der Waals surface area contributed by atoms with Crippen LogP contribution in [0.5, 0.6) is 0 Å². The van der Waals surface area contributed by atoms with Crippen LogP contribution in [0.25, 0.3) is 10.2 Å². The van der Waals surface area contributed by atoms with Gasteiger partial charge in [-0.05, 0) is 48.5 Å². The zero-order valence-corrected chi connectivity index (χ0v) is 21.2. The van der Waals surface area contributed by atoms with Crippen molar-refractivity contribution in [3.63, 3.8) is 0 Å². The number of fused-ring (bicyclic) bond motifs is 1. The highest BCUT2D eigenvalue weighted by Crippen LogP contribution is 2.30. The molecule has 2 aliphatic heterocycles. The number of primary amides is 1. The highest BCUT2D eigenvalue weighted by atomic mass is 35.5. The number of piperazine rings is 1. The number of nitrogens with two attached hydrogens (primary N) is 1. The van der Waals surface area contributed by atoms with Gasteiger partial charge in [0.05, 0.1) is 22.8 Å². The number of rotatable bonds is 6. The first kappa shape index (κ1) is 24.1. The summed E-state index contributed by atoms with van der Waals surface area (Å²) in [5.41, 5.74) is 7.41. The molecule has 4 heterocycles. The Kier molecular flexibility index (Phi) is 6.97. The number of nitrogens with one attached hydrogen (secondary N) is 2. The van der Waals surface area contributed by atoms with Crippen molar-refractivity contribution in [3.8, 4) is 0 Å². The first-order chi connectivity index (χ1) is 16.9. The molecule has 0 bridgehead atoms. The van der Waals surface area contributed by atoms with Gasteiger partial charge in [-0.3, -0.25) is 9.59 Å². The molecule has 12 heteroatoms. The van der Waals surface area contributed by atoms with E-state index in [0.717, 1.165) is 35.2 Å². The Bertz CT molecular complexity index is 1260. The molecule has 5 rings (SSSR count). The van der Waals surface area contributed by atoms with Crippen molar-refractivity contribution in [2.24, 2.45) is 5.73 Å². The summed E-state index contributed by atoms with van der Waals surface area (Å²) in [6, 6.07) is 6.31. The number of benzene rings is 1. The number of hydrogen-bond donors (Lipinski definition) is 3. The molecule has 3 aromatic rings. The number of carbonyl (C=O) groups is 2. The minimum absolute atomic E-state index is 0.0673. The molecule has 0 radical (unpaired) electrons. The van der Waals surface area contributed by atoms with Crippen LogP contribution in [-0.4, -0.2) is 64.9 Å². The molecule has 0 aliphatic carbocycles. The molecule has 2 aliphatic rings. The van der Waals surface area contributed by atoms with E-state index in [1.165, 1.54) is 0 Å². The summed E-state index contributed by atoms with van der Waals surface area (Å²) in [4.78, 5) is 38.3. The van der Waals surface area contributed by atoms with Gasteiger partial charge in [0, 0.05) is 29.7 Å². The minimum Gasteiger partial charge on any atom is -0.368 e. The van der Waals surface area contributed by atoms with Gasteiger partial charge in [0.1, 0.15) is 11.9 Å². The van der Waals surface area contributed by atoms with E-state index < -0.39 is 11.9 Å². The largest absolute Gasteiger partial charge is 0.368 e. The normalized spacial score (nSPS) is 20.4. The smallest absolute Gasteiger partial charge is 0.242 e. The van der Waals surface area contributed by atoms with Crippen LogP contribution in [0.3, 0.4) is 0 Å². The van der Waals surface area contributed by atoms with E-state index in [9.17, 15) is 9.59 Å². The summed E-state index contributed by atoms with van der Waals surface area (Å²) < 4.78 is 0.923. The third kappa shape index (κ3) is 5.02. The van der Waals surface area contributed by atoms with Crippen molar-refractivity contribution in [3.05, 3.63) is 45.3 Å². The number of halogens is 2. The zero-order valence-electron chi connectivity index (χ0n) is 18.8. The van der Waals surface area contributed by atoms with Crippen LogP contribution in [0.4, 0.5) is 11.8 Å². The molecular weight excluding hydrogens is 509 g/mol. The van der Waals surface area contributed by atoms with Crippen molar-refractivity contribution >= 4 is 68.3 Å². The lowest BCUT2D eigenvalue weighted by Crippen LogP contribution is -2.62. The molecular formula is C23H25Cl2N7O2S. The highest BCUT2D eigenvalue weighted by molar-refractivity contribution is 7.17. The molecule has 2 aromatic heterocycles. The molecule has 0 spiro atoms. The Morgan fingerprint density at radius 1 is 1.23 bits per heavy atom. The van der Waals surface area contributed by atoms with Crippen molar-refractivity contribution < 1.29 is 9.59 Å². The van der Waals surface area contributed by atoms with Crippen LogP contribution in [0.1, 0.15) is 18.4 Å². The van der Waals surface area contributed by atoms with Crippen LogP contribution in [0.15, 0.2) is 29.6 Å². The van der Waals surface area contributed by atoms with E-state index in [1.54, 1.807) is 28.4 Å². The lowest BCUT2D eigenvalue weighted by atomic mass is 10.1. The molecule has 2 amide bonds. The van der Waals surface area contributed by atoms with Crippen LogP contribution < -0.4 is 21.3 Å². The summed E-state index contributed by atoms with van der Waals surface area (Å²) >= 11 is 13.9. The summed E-state index contributed by atoms with van der Waals surface area (Å²) in [5.74, 6) is 0.559. The topological polar surface area (TPSA) is 116 Å². The molecule has 35 heavy (non-hydrogen) atoms. The molecule has 1 unspecified atom stereocenters. The van der Waals surface area contributed by atoms with Crippen molar-refractivity contribution in [2.45, 2.75) is 31.5 Å². The predicted molar refractivity (Wildman–Crippen MR) is 139 cm³/mol. The number of amides is 2. The second kappa shape index (κ2) is 10.1. The Hall–Kier alpha value is -2.66. The predicted octanol–water partition coefficient (Wildman–Crippen LogP) is 2.86. The number of hydrogen-bond acceptors (Lipinski definition) is 8. The molecule has 2 fully saturated rings. The van der Waals surface area contributed by atoms with Gasteiger partial charge in [-0.25, -0.2) is 4.98 Å². The average Bonchev–Trinajstić information content (AvgIpc) is 3.55. The Morgan fingerprint density at radius 3 is 2.83 bits per heavy atom. The fourth-order valence-electron chi connectivity index (χ4n) is 4.52. The fourth-order valence-corrected chi connectivity index (χ4v) is 5.80. The van der Waals surface area contributed by atoms with E-state index in [-0.39, 0.29) is 18.5 Å². The molecule has 184 valence electrons. The van der Waals surface area contributed by atoms with Gasteiger partial charge < -0.3 is 26.2 Å². The zero-order chi connectivity index (χ0) is 24.5. The molecule has 9 nitrogen and oxygen atoms in total. The Labute approximate surface area is 216 Å². The number of nitrogens with zero attached hydrogens (tertiary/aromatic N) is 4. The maximum atomic E-state index is 13.0. The van der Waals surface area contributed by atoms with E-state index >= 15 is 0 Å². The Balaban J connectivity index is 1.37. The summed E-state index contributed by atoms with van der Waals surface area (Å²) in [5, 5.41) is 9.69. The van der Waals surface area contributed by atoms with Crippen LogP contribution in [0.2, 0.25) is 10.0 Å². The lowest BCUT2D eigenvalue weighted by molar-refractivity contribution is -0.141. The highest BCUT2D eigenvalue weighted by Gasteiger charge is 2.38.